The quantitative estimate of drug-likeness (QED) is 0.642. The molecule has 1 fully saturated rings. The van der Waals surface area contributed by atoms with Crippen molar-refractivity contribution in [1.82, 2.24) is 5.32 Å². The molecule has 2 nitrogen and oxygen atoms in total. The molecule has 1 aromatic rings. The summed E-state index contributed by atoms with van der Waals surface area (Å²) >= 11 is 1.80. The predicted octanol–water partition coefficient (Wildman–Crippen LogP) is 2.73. The summed E-state index contributed by atoms with van der Waals surface area (Å²) in [4.78, 5) is 13.3. The lowest BCUT2D eigenvalue weighted by atomic mass is 10.0. The van der Waals surface area contributed by atoms with Gasteiger partial charge in [-0.05, 0) is 37.3 Å². The molecule has 2 rings (SSSR count). The van der Waals surface area contributed by atoms with Gasteiger partial charge in [-0.2, -0.15) is 0 Å². The van der Waals surface area contributed by atoms with Crippen molar-refractivity contribution < 1.29 is 4.79 Å². The standard InChI is InChI=1S/C13H17NOS/c1-2-16-11-7-5-10(6-8-11)13(15)12-4-3-9-14-12/h5-8,12,14H,2-4,9H2,1H3. The lowest BCUT2D eigenvalue weighted by molar-refractivity contribution is 0.0952. The zero-order chi connectivity index (χ0) is 11.4. The lowest BCUT2D eigenvalue weighted by Gasteiger charge is -2.09. The Hall–Kier alpha value is -0.800. The molecule has 0 aliphatic carbocycles. The first-order valence-corrected chi connectivity index (χ1v) is 6.80. The Bertz CT molecular complexity index is 355. The Labute approximate surface area is 101 Å². The third-order valence-electron chi connectivity index (χ3n) is 2.83. The van der Waals surface area contributed by atoms with Gasteiger partial charge >= 0.3 is 0 Å². The Morgan fingerprint density at radius 1 is 1.44 bits per heavy atom. The fraction of sp³-hybridized carbons (Fsp3) is 0.462. The number of nitrogens with one attached hydrogen (secondary N) is 1. The second kappa shape index (κ2) is 5.51. The van der Waals surface area contributed by atoms with E-state index >= 15 is 0 Å². The fourth-order valence-corrected chi connectivity index (χ4v) is 2.65. The average molecular weight is 235 g/mol. The fourth-order valence-electron chi connectivity index (χ4n) is 1.99. The zero-order valence-corrected chi connectivity index (χ0v) is 10.3. The molecule has 0 amide bonds. The first kappa shape index (κ1) is 11.7. The minimum atomic E-state index is 0.0460. The molecule has 1 aliphatic heterocycles. The molecule has 1 atom stereocenters. The minimum absolute atomic E-state index is 0.0460. The molecular weight excluding hydrogens is 218 g/mol. The van der Waals surface area contributed by atoms with Gasteiger partial charge in [-0.1, -0.05) is 19.1 Å². The number of carbonyl (C=O) groups is 1. The van der Waals surface area contributed by atoms with Crippen LogP contribution in [0, 0.1) is 0 Å². The average Bonchev–Trinajstić information content (AvgIpc) is 2.83. The highest BCUT2D eigenvalue weighted by Gasteiger charge is 2.22. The highest BCUT2D eigenvalue weighted by molar-refractivity contribution is 7.99. The Morgan fingerprint density at radius 2 is 2.19 bits per heavy atom. The van der Waals surface area contributed by atoms with E-state index in [0.29, 0.717) is 0 Å². The van der Waals surface area contributed by atoms with Crippen molar-refractivity contribution in [3.63, 3.8) is 0 Å². The number of rotatable bonds is 4. The monoisotopic (exact) mass is 235 g/mol. The van der Waals surface area contributed by atoms with Gasteiger partial charge < -0.3 is 5.32 Å². The van der Waals surface area contributed by atoms with Crippen LogP contribution in [0.2, 0.25) is 0 Å². The number of ketones is 1. The van der Waals surface area contributed by atoms with Crippen LogP contribution >= 0.6 is 11.8 Å². The first-order valence-electron chi connectivity index (χ1n) is 5.81. The van der Waals surface area contributed by atoms with Crippen molar-refractivity contribution in [2.45, 2.75) is 30.7 Å². The van der Waals surface area contributed by atoms with Crippen molar-refractivity contribution in [2.24, 2.45) is 0 Å². The van der Waals surface area contributed by atoms with E-state index in [2.05, 4.69) is 12.2 Å². The van der Waals surface area contributed by atoms with Gasteiger partial charge in [0.15, 0.2) is 5.78 Å². The number of carbonyl (C=O) groups excluding carboxylic acids is 1. The molecule has 1 aliphatic rings. The smallest absolute Gasteiger partial charge is 0.179 e. The topological polar surface area (TPSA) is 29.1 Å². The van der Waals surface area contributed by atoms with E-state index in [1.54, 1.807) is 11.8 Å². The minimum Gasteiger partial charge on any atom is -0.307 e. The largest absolute Gasteiger partial charge is 0.307 e. The molecule has 1 unspecified atom stereocenters. The van der Waals surface area contributed by atoms with E-state index in [-0.39, 0.29) is 11.8 Å². The SMILES string of the molecule is CCSc1ccc(C(=O)C2CCCN2)cc1. The van der Waals surface area contributed by atoms with Gasteiger partial charge in [0, 0.05) is 10.5 Å². The van der Waals surface area contributed by atoms with E-state index in [1.165, 1.54) is 4.90 Å². The van der Waals surface area contributed by atoms with Crippen LogP contribution in [0.1, 0.15) is 30.1 Å². The summed E-state index contributed by atoms with van der Waals surface area (Å²) in [5.74, 6) is 1.31. The summed E-state index contributed by atoms with van der Waals surface area (Å²) in [6.07, 6.45) is 2.09. The molecule has 0 aromatic heterocycles. The molecule has 0 spiro atoms. The van der Waals surface area contributed by atoms with Crippen molar-refractivity contribution in [1.29, 1.82) is 0 Å². The predicted molar refractivity (Wildman–Crippen MR) is 68.2 cm³/mol. The second-order valence-electron chi connectivity index (χ2n) is 3.97. The third kappa shape index (κ3) is 2.66. The number of thioether (sulfide) groups is 1. The van der Waals surface area contributed by atoms with Crippen LogP contribution in [-0.2, 0) is 0 Å². The van der Waals surface area contributed by atoms with Gasteiger partial charge in [-0.25, -0.2) is 0 Å². The van der Waals surface area contributed by atoms with Gasteiger partial charge in [-0.3, -0.25) is 4.79 Å². The molecule has 1 heterocycles. The van der Waals surface area contributed by atoms with E-state index in [1.807, 2.05) is 24.3 Å². The van der Waals surface area contributed by atoms with Gasteiger partial charge in [0.2, 0.25) is 0 Å². The van der Waals surface area contributed by atoms with E-state index in [4.69, 9.17) is 0 Å². The zero-order valence-electron chi connectivity index (χ0n) is 9.53. The van der Waals surface area contributed by atoms with Crippen molar-refractivity contribution in [2.75, 3.05) is 12.3 Å². The maximum Gasteiger partial charge on any atom is 0.179 e. The Morgan fingerprint density at radius 3 is 2.75 bits per heavy atom. The molecule has 1 N–H and O–H groups in total. The summed E-state index contributed by atoms with van der Waals surface area (Å²) in [5.41, 5.74) is 0.833. The number of benzene rings is 1. The summed E-state index contributed by atoms with van der Waals surface area (Å²) in [6, 6.07) is 8.01. The molecule has 3 heteroatoms. The number of Topliss-reactive ketones (excluding diaryl/α,β-unsaturated/α-hetero) is 1. The summed E-state index contributed by atoms with van der Waals surface area (Å²) in [6.45, 7) is 3.10. The van der Waals surface area contributed by atoms with Crippen LogP contribution in [0.5, 0.6) is 0 Å². The maximum absolute atomic E-state index is 12.0. The van der Waals surface area contributed by atoms with Crippen LogP contribution in [-0.4, -0.2) is 24.1 Å². The molecule has 1 aromatic carbocycles. The molecular formula is C13H17NOS. The van der Waals surface area contributed by atoms with E-state index < -0.39 is 0 Å². The van der Waals surface area contributed by atoms with Crippen molar-refractivity contribution in [3.8, 4) is 0 Å². The van der Waals surface area contributed by atoms with Crippen LogP contribution in [0.3, 0.4) is 0 Å². The third-order valence-corrected chi connectivity index (χ3v) is 3.72. The summed E-state index contributed by atoms with van der Waals surface area (Å²) in [5, 5.41) is 3.24. The summed E-state index contributed by atoms with van der Waals surface area (Å²) < 4.78 is 0. The Kier molecular flexibility index (Phi) is 4.02. The molecule has 86 valence electrons. The van der Waals surface area contributed by atoms with Crippen LogP contribution in [0.15, 0.2) is 29.2 Å². The number of hydrogen-bond acceptors (Lipinski definition) is 3. The second-order valence-corrected chi connectivity index (χ2v) is 5.31. The van der Waals surface area contributed by atoms with Gasteiger partial charge in [0.1, 0.15) is 0 Å². The normalized spacial score (nSPS) is 19.9. The van der Waals surface area contributed by atoms with E-state index in [0.717, 1.165) is 30.7 Å². The van der Waals surface area contributed by atoms with E-state index in [9.17, 15) is 4.79 Å². The van der Waals surface area contributed by atoms with Crippen LogP contribution in [0.4, 0.5) is 0 Å². The molecule has 0 saturated carbocycles. The highest BCUT2D eigenvalue weighted by atomic mass is 32.2. The lowest BCUT2D eigenvalue weighted by Crippen LogP contribution is -2.30. The van der Waals surface area contributed by atoms with Crippen LogP contribution in [0.25, 0.3) is 0 Å². The van der Waals surface area contributed by atoms with Gasteiger partial charge in [0.25, 0.3) is 0 Å². The summed E-state index contributed by atoms with van der Waals surface area (Å²) in [7, 11) is 0. The Balaban J connectivity index is 2.05. The van der Waals surface area contributed by atoms with Gasteiger partial charge in [0.05, 0.1) is 6.04 Å². The number of hydrogen-bond donors (Lipinski definition) is 1. The van der Waals surface area contributed by atoms with Crippen LogP contribution < -0.4 is 5.32 Å². The van der Waals surface area contributed by atoms with Crippen molar-refractivity contribution >= 4 is 17.5 Å². The molecule has 0 radical (unpaired) electrons. The van der Waals surface area contributed by atoms with Gasteiger partial charge in [-0.15, -0.1) is 11.8 Å². The highest BCUT2D eigenvalue weighted by Crippen LogP contribution is 2.19. The molecule has 1 saturated heterocycles. The molecule has 0 bridgehead atoms. The first-order chi connectivity index (χ1) is 7.81. The maximum atomic E-state index is 12.0. The van der Waals surface area contributed by atoms with Crippen molar-refractivity contribution in [3.05, 3.63) is 29.8 Å². The molecule has 16 heavy (non-hydrogen) atoms.